The molecule has 24 heavy (non-hydrogen) atoms. The number of hydrogen-bond donors (Lipinski definition) is 1. The maximum atomic E-state index is 3.60. The summed E-state index contributed by atoms with van der Waals surface area (Å²) in [5, 5.41) is 3.45. The largest absolute Gasteiger partial charge is 0.369 e. The van der Waals surface area contributed by atoms with Gasteiger partial charge in [-0.1, -0.05) is 53.2 Å². The van der Waals surface area contributed by atoms with Gasteiger partial charge in [0.15, 0.2) is 0 Å². The molecule has 0 atom stereocenters. The first-order chi connectivity index (χ1) is 11.8. The van der Waals surface area contributed by atoms with E-state index < -0.39 is 0 Å². The second-order valence-corrected chi connectivity index (χ2v) is 7.22. The molecule has 0 unspecified atom stereocenters. The van der Waals surface area contributed by atoms with E-state index in [4.69, 9.17) is 0 Å². The molecule has 1 N–H and O–H groups in total. The zero-order valence-corrected chi connectivity index (χ0v) is 15.9. The number of halogens is 1. The number of piperazine rings is 1. The molecule has 3 nitrogen and oxygen atoms in total. The number of hydrogen-bond acceptors (Lipinski definition) is 3. The Bertz CT molecular complexity index is 637. The van der Waals surface area contributed by atoms with E-state index >= 15 is 0 Å². The van der Waals surface area contributed by atoms with Crippen molar-refractivity contribution in [3.63, 3.8) is 0 Å². The van der Waals surface area contributed by atoms with E-state index in [1.165, 1.54) is 16.8 Å². The normalized spacial score (nSPS) is 15.7. The Kier molecular flexibility index (Phi) is 6.30. The Balaban J connectivity index is 1.62. The number of nitrogens with zero attached hydrogens (tertiary/aromatic N) is 2. The van der Waals surface area contributed by atoms with Crippen LogP contribution >= 0.6 is 15.9 Å². The first-order valence-electron chi connectivity index (χ1n) is 8.76. The summed E-state index contributed by atoms with van der Waals surface area (Å²) in [7, 11) is 0. The topological polar surface area (TPSA) is 18.5 Å². The molecule has 0 aromatic heterocycles. The van der Waals surface area contributed by atoms with Crippen LogP contribution in [0.1, 0.15) is 18.1 Å². The van der Waals surface area contributed by atoms with Crippen LogP contribution in [0.15, 0.2) is 53.0 Å². The van der Waals surface area contributed by atoms with Gasteiger partial charge in [-0.05, 0) is 35.9 Å². The lowest BCUT2D eigenvalue weighted by Crippen LogP contribution is -2.46. The van der Waals surface area contributed by atoms with Gasteiger partial charge in [-0.2, -0.15) is 0 Å². The van der Waals surface area contributed by atoms with Crippen LogP contribution in [0, 0.1) is 0 Å². The molecule has 3 rings (SSSR count). The number of nitrogens with one attached hydrogen (secondary N) is 1. The van der Waals surface area contributed by atoms with E-state index in [9.17, 15) is 0 Å². The molecule has 0 bridgehead atoms. The first-order valence-corrected chi connectivity index (χ1v) is 9.56. The molecule has 1 heterocycles. The van der Waals surface area contributed by atoms with Gasteiger partial charge >= 0.3 is 0 Å². The molecule has 2 aromatic rings. The van der Waals surface area contributed by atoms with E-state index in [2.05, 4.69) is 86.5 Å². The Morgan fingerprint density at radius 1 is 1.00 bits per heavy atom. The van der Waals surface area contributed by atoms with Gasteiger partial charge in [-0.15, -0.1) is 0 Å². The van der Waals surface area contributed by atoms with Gasteiger partial charge in [-0.3, -0.25) is 4.90 Å². The Hall–Kier alpha value is -1.36. The molecule has 2 aromatic carbocycles. The van der Waals surface area contributed by atoms with Crippen LogP contribution in [-0.4, -0.2) is 37.6 Å². The van der Waals surface area contributed by atoms with Crippen LogP contribution in [0.5, 0.6) is 0 Å². The van der Waals surface area contributed by atoms with Crippen LogP contribution in [0.2, 0.25) is 0 Å². The van der Waals surface area contributed by atoms with E-state index in [0.29, 0.717) is 0 Å². The summed E-state index contributed by atoms with van der Waals surface area (Å²) in [6, 6.07) is 17.4. The highest BCUT2D eigenvalue weighted by Gasteiger charge is 2.19. The molecular weight excluding hydrogens is 362 g/mol. The monoisotopic (exact) mass is 387 g/mol. The van der Waals surface area contributed by atoms with Gasteiger partial charge in [0.25, 0.3) is 0 Å². The zero-order chi connectivity index (χ0) is 16.8. The molecule has 4 heteroatoms. The SMILES string of the molecule is CCNCc1cc(Br)ccc1N1CCN(Cc2ccccc2)CC1. The molecule has 0 radical (unpaired) electrons. The fraction of sp³-hybridized carbons (Fsp3) is 0.400. The zero-order valence-electron chi connectivity index (χ0n) is 14.3. The molecule has 1 saturated heterocycles. The molecule has 1 fully saturated rings. The first kappa shape index (κ1) is 17.5. The summed E-state index contributed by atoms with van der Waals surface area (Å²) in [4.78, 5) is 5.08. The molecule has 128 valence electrons. The van der Waals surface area contributed by atoms with Crippen molar-refractivity contribution in [2.75, 3.05) is 37.6 Å². The average Bonchev–Trinajstić information content (AvgIpc) is 2.62. The quantitative estimate of drug-likeness (QED) is 0.810. The summed E-state index contributed by atoms with van der Waals surface area (Å²) in [5.74, 6) is 0. The van der Waals surface area contributed by atoms with Crippen LogP contribution in [0.3, 0.4) is 0 Å². The second kappa shape index (κ2) is 8.65. The summed E-state index contributed by atoms with van der Waals surface area (Å²) in [6.07, 6.45) is 0. The summed E-state index contributed by atoms with van der Waals surface area (Å²) >= 11 is 3.60. The smallest absolute Gasteiger partial charge is 0.0413 e. The minimum atomic E-state index is 0.926. The van der Waals surface area contributed by atoms with Crippen molar-refractivity contribution in [3.8, 4) is 0 Å². The van der Waals surface area contributed by atoms with Crippen LogP contribution in [0.4, 0.5) is 5.69 Å². The highest BCUT2D eigenvalue weighted by atomic mass is 79.9. The van der Waals surface area contributed by atoms with Gasteiger partial charge < -0.3 is 10.2 Å². The Morgan fingerprint density at radius 3 is 2.46 bits per heavy atom. The van der Waals surface area contributed by atoms with E-state index in [1.807, 2.05) is 0 Å². The van der Waals surface area contributed by atoms with Gasteiger partial charge in [0.1, 0.15) is 0 Å². The minimum Gasteiger partial charge on any atom is -0.369 e. The summed E-state index contributed by atoms with van der Waals surface area (Å²) in [5.41, 5.74) is 4.16. The minimum absolute atomic E-state index is 0.926. The third kappa shape index (κ3) is 4.59. The lowest BCUT2D eigenvalue weighted by atomic mass is 10.1. The van der Waals surface area contributed by atoms with Crippen molar-refractivity contribution in [1.82, 2.24) is 10.2 Å². The molecule has 0 aliphatic carbocycles. The van der Waals surface area contributed by atoms with Crippen LogP contribution in [-0.2, 0) is 13.1 Å². The average molecular weight is 388 g/mol. The second-order valence-electron chi connectivity index (χ2n) is 6.30. The third-order valence-corrected chi connectivity index (χ3v) is 5.06. The van der Waals surface area contributed by atoms with Crippen LogP contribution < -0.4 is 10.2 Å². The van der Waals surface area contributed by atoms with Crippen molar-refractivity contribution >= 4 is 21.6 Å². The fourth-order valence-electron chi connectivity index (χ4n) is 3.25. The van der Waals surface area contributed by atoms with Gasteiger partial charge in [-0.25, -0.2) is 0 Å². The van der Waals surface area contributed by atoms with Crippen molar-refractivity contribution in [1.29, 1.82) is 0 Å². The third-order valence-electron chi connectivity index (χ3n) is 4.57. The molecule has 0 spiro atoms. The van der Waals surface area contributed by atoms with Gasteiger partial charge in [0.2, 0.25) is 0 Å². The molecular formula is C20H26BrN3. The maximum Gasteiger partial charge on any atom is 0.0413 e. The van der Waals surface area contributed by atoms with E-state index in [0.717, 1.165) is 50.3 Å². The predicted molar refractivity (Wildman–Crippen MR) is 105 cm³/mol. The number of rotatable bonds is 6. The number of benzene rings is 2. The van der Waals surface area contributed by atoms with Crippen molar-refractivity contribution in [3.05, 3.63) is 64.1 Å². The molecule has 0 amide bonds. The number of anilines is 1. The van der Waals surface area contributed by atoms with E-state index in [-0.39, 0.29) is 0 Å². The molecule has 1 aliphatic heterocycles. The van der Waals surface area contributed by atoms with Crippen molar-refractivity contribution < 1.29 is 0 Å². The maximum absolute atomic E-state index is 3.60. The summed E-state index contributed by atoms with van der Waals surface area (Å²) < 4.78 is 1.15. The highest BCUT2D eigenvalue weighted by Crippen LogP contribution is 2.26. The van der Waals surface area contributed by atoms with E-state index in [1.54, 1.807) is 0 Å². The Morgan fingerprint density at radius 2 is 1.75 bits per heavy atom. The van der Waals surface area contributed by atoms with Gasteiger partial charge in [0, 0.05) is 49.4 Å². The highest BCUT2D eigenvalue weighted by molar-refractivity contribution is 9.10. The summed E-state index contributed by atoms with van der Waals surface area (Å²) in [6.45, 7) is 9.55. The molecule has 1 aliphatic rings. The lowest BCUT2D eigenvalue weighted by Gasteiger charge is -2.37. The van der Waals surface area contributed by atoms with Crippen molar-refractivity contribution in [2.24, 2.45) is 0 Å². The molecule has 0 saturated carbocycles. The Labute approximate surface area is 153 Å². The standard InChI is InChI=1S/C20H26BrN3/c1-2-22-15-18-14-19(21)8-9-20(18)24-12-10-23(11-13-24)16-17-6-4-3-5-7-17/h3-9,14,22H,2,10-13,15-16H2,1H3. The predicted octanol–water partition coefficient (Wildman–Crippen LogP) is 3.88. The lowest BCUT2D eigenvalue weighted by molar-refractivity contribution is 0.249. The van der Waals surface area contributed by atoms with Crippen molar-refractivity contribution in [2.45, 2.75) is 20.0 Å². The van der Waals surface area contributed by atoms with Crippen LogP contribution in [0.25, 0.3) is 0 Å². The fourth-order valence-corrected chi connectivity index (χ4v) is 3.66. The van der Waals surface area contributed by atoms with Gasteiger partial charge in [0.05, 0.1) is 0 Å².